The molecule has 1 aliphatic heterocycles. The summed E-state index contributed by atoms with van der Waals surface area (Å²) in [5, 5.41) is 0. The molecule has 0 amide bonds. The minimum atomic E-state index is -0.409. The summed E-state index contributed by atoms with van der Waals surface area (Å²) in [7, 11) is 0. The number of hydrogen-bond acceptors (Lipinski definition) is 3. The molecule has 3 nitrogen and oxygen atoms in total. The van der Waals surface area contributed by atoms with Gasteiger partial charge in [0.05, 0.1) is 11.3 Å². The summed E-state index contributed by atoms with van der Waals surface area (Å²) < 4.78 is 4.82. The highest BCUT2D eigenvalue weighted by atomic mass is 16.6. The van der Waals surface area contributed by atoms with Crippen molar-refractivity contribution in [3.63, 3.8) is 0 Å². The first kappa shape index (κ1) is 10.7. The lowest BCUT2D eigenvalue weighted by Gasteiger charge is -2.38. The number of hydrogen-bond donors (Lipinski definition) is 0. The number of ether oxygens (including phenoxy) is 1. The summed E-state index contributed by atoms with van der Waals surface area (Å²) in [6, 6.07) is 0. The summed E-state index contributed by atoms with van der Waals surface area (Å²) in [5.41, 5.74) is -0.409. The third kappa shape index (κ3) is 1.32. The molecule has 2 rings (SSSR count). The van der Waals surface area contributed by atoms with Crippen LogP contribution in [0.4, 0.5) is 0 Å². The maximum Gasteiger partial charge on any atom is 0.319 e. The van der Waals surface area contributed by atoms with Gasteiger partial charge in [0.25, 0.3) is 0 Å². The van der Waals surface area contributed by atoms with E-state index in [0.717, 1.165) is 19.3 Å². The molecule has 3 heteroatoms. The Morgan fingerprint density at radius 2 is 2.20 bits per heavy atom. The molecule has 1 aliphatic carbocycles. The molecule has 0 aromatic heterocycles. The lowest BCUT2D eigenvalue weighted by Crippen LogP contribution is -2.46. The Morgan fingerprint density at radius 1 is 1.53 bits per heavy atom. The molecule has 2 fully saturated rings. The van der Waals surface area contributed by atoms with Crippen molar-refractivity contribution in [2.75, 3.05) is 0 Å². The monoisotopic (exact) mass is 210 g/mol. The van der Waals surface area contributed by atoms with E-state index in [2.05, 4.69) is 13.8 Å². The van der Waals surface area contributed by atoms with Crippen molar-refractivity contribution in [1.82, 2.24) is 0 Å². The molecule has 1 heterocycles. The zero-order valence-corrected chi connectivity index (χ0v) is 9.58. The molecule has 0 N–H and O–H groups in total. The van der Waals surface area contributed by atoms with E-state index in [-0.39, 0.29) is 23.8 Å². The topological polar surface area (TPSA) is 43.4 Å². The highest BCUT2D eigenvalue weighted by Crippen LogP contribution is 2.54. The van der Waals surface area contributed by atoms with E-state index in [0.29, 0.717) is 5.92 Å². The molecule has 0 aromatic rings. The van der Waals surface area contributed by atoms with Crippen molar-refractivity contribution >= 4 is 11.9 Å². The number of esters is 2. The third-order valence-corrected chi connectivity index (χ3v) is 4.36. The van der Waals surface area contributed by atoms with Crippen molar-refractivity contribution in [3.8, 4) is 0 Å². The number of cyclic esters (lactones) is 2. The Hall–Kier alpha value is -0.860. The highest BCUT2D eigenvalue weighted by Gasteiger charge is 2.59. The van der Waals surface area contributed by atoms with Crippen molar-refractivity contribution in [2.24, 2.45) is 23.2 Å². The van der Waals surface area contributed by atoms with Gasteiger partial charge in [-0.2, -0.15) is 0 Å². The standard InChI is InChI=1S/C12H18O3/c1-4-7(2)9-8-5-6-12(9,3)11(14)15-10(8)13/h7-9H,4-6H2,1-3H3. The predicted molar refractivity (Wildman–Crippen MR) is 54.9 cm³/mol. The van der Waals surface area contributed by atoms with Crippen LogP contribution in [0, 0.1) is 23.2 Å². The van der Waals surface area contributed by atoms with Crippen LogP contribution in [0.25, 0.3) is 0 Å². The molecule has 2 aliphatic rings. The van der Waals surface area contributed by atoms with Gasteiger partial charge in [0, 0.05) is 0 Å². The molecule has 0 aromatic carbocycles. The van der Waals surface area contributed by atoms with Crippen LogP contribution >= 0.6 is 0 Å². The molecule has 4 unspecified atom stereocenters. The summed E-state index contributed by atoms with van der Waals surface area (Å²) in [6.45, 7) is 6.20. The molecule has 0 radical (unpaired) electrons. The molecular weight excluding hydrogens is 192 g/mol. The lowest BCUT2D eigenvalue weighted by molar-refractivity contribution is -0.180. The fourth-order valence-corrected chi connectivity index (χ4v) is 3.31. The largest absolute Gasteiger partial charge is 0.393 e. The average Bonchev–Trinajstić information content (AvgIpc) is 2.51. The Balaban J connectivity index is 2.36. The van der Waals surface area contributed by atoms with E-state index >= 15 is 0 Å². The average molecular weight is 210 g/mol. The first-order valence-electron chi connectivity index (χ1n) is 5.77. The van der Waals surface area contributed by atoms with Crippen LogP contribution in [0.5, 0.6) is 0 Å². The predicted octanol–water partition coefficient (Wildman–Crippen LogP) is 2.15. The number of fused-ring (bicyclic) bond motifs is 2. The molecule has 1 saturated carbocycles. The van der Waals surface area contributed by atoms with Gasteiger partial charge in [0.15, 0.2) is 0 Å². The van der Waals surface area contributed by atoms with Gasteiger partial charge in [-0.05, 0) is 31.6 Å². The molecule has 1 saturated heterocycles. The fraction of sp³-hybridized carbons (Fsp3) is 0.833. The Bertz CT molecular complexity index is 310. The van der Waals surface area contributed by atoms with Crippen LogP contribution in [-0.2, 0) is 14.3 Å². The second-order valence-electron chi connectivity index (χ2n) is 5.18. The number of carbonyl (C=O) groups is 2. The molecule has 4 atom stereocenters. The summed E-state index contributed by atoms with van der Waals surface area (Å²) in [5.74, 6) is -0.0231. The van der Waals surface area contributed by atoms with Crippen LogP contribution in [0.3, 0.4) is 0 Å². The van der Waals surface area contributed by atoms with Crippen molar-refractivity contribution < 1.29 is 14.3 Å². The third-order valence-electron chi connectivity index (χ3n) is 4.36. The first-order chi connectivity index (χ1) is 7.00. The second-order valence-corrected chi connectivity index (χ2v) is 5.18. The first-order valence-corrected chi connectivity index (χ1v) is 5.77. The Labute approximate surface area is 90.2 Å². The number of rotatable bonds is 2. The second kappa shape index (κ2) is 3.32. The lowest BCUT2D eigenvalue weighted by atomic mass is 9.68. The highest BCUT2D eigenvalue weighted by molar-refractivity contribution is 5.94. The van der Waals surface area contributed by atoms with Gasteiger partial charge in [-0.3, -0.25) is 9.59 Å². The van der Waals surface area contributed by atoms with Gasteiger partial charge >= 0.3 is 11.9 Å². The zero-order chi connectivity index (χ0) is 11.2. The maximum atomic E-state index is 11.8. The van der Waals surface area contributed by atoms with Gasteiger partial charge in [-0.1, -0.05) is 20.3 Å². The summed E-state index contributed by atoms with van der Waals surface area (Å²) >= 11 is 0. The Kier molecular flexibility index (Phi) is 2.36. The maximum absolute atomic E-state index is 11.8. The van der Waals surface area contributed by atoms with E-state index in [4.69, 9.17) is 4.74 Å². The minimum Gasteiger partial charge on any atom is -0.393 e. The van der Waals surface area contributed by atoms with E-state index in [1.165, 1.54) is 0 Å². The van der Waals surface area contributed by atoms with Crippen LogP contribution < -0.4 is 0 Å². The van der Waals surface area contributed by atoms with E-state index in [9.17, 15) is 9.59 Å². The van der Waals surface area contributed by atoms with Gasteiger partial charge in [-0.25, -0.2) is 0 Å². The van der Waals surface area contributed by atoms with E-state index in [1.54, 1.807) is 0 Å². The van der Waals surface area contributed by atoms with E-state index < -0.39 is 5.41 Å². The fourth-order valence-electron chi connectivity index (χ4n) is 3.31. The molecule has 84 valence electrons. The van der Waals surface area contributed by atoms with Crippen LogP contribution in [-0.4, -0.2) is 11.9 Å². The molecule has 2 bridgehead atoms. The van der Waals surface area contributed by atoms with Crippen LogP contribution in [0.1, 0.15) is 40.0 Å². The van der Waals surface area contributed by atoms with Crippen molar-refractivity contribution in [3.05, 3.63) is 0 Å². The smallest absolute Gasteiger partial charge is 0.319 e. The van der Waals surface area contributed by atoms with Gasteiger partial charge < -0.3 is 4.74 Å². The Morgan fingerprint density at radius 3 is 2.80 bits per heavy atom. The minimum absolute atomic E-state index is 0.0392. The van der Waals surface area contributed by atoms with Crippen molar-refractivity contribution in [1.29, 1.82) is 0 Å². The van der Waals surface area contributed by atoms with Gasteiger partial charge in [0.2, 0.25) is 0 Å². The molecular formula is C12H18O3. The zero-order valence-electron chi connectivity index (χ0n) is 9.58. The number of carbonyl (C=O) groups excluding carboxylic acids is 2. The van der Waals surface area contributed by atoms with Gasteiger partial charge in [-0.15, -0.1) is 0 Å². The summed E-state index contributed by atoms with van der Waals surface area (Å²) in [4.78, 5) is 23.4. The van der Waals surface area contributed by atoms with Crippen LogP contribution in [0.2, 0.25) is 0 Å². The van der Waals surface area contributed by atoms with Gasteiger partial charge in [0.1, 0.15) is 0 Å². The van der Waals surface area contributed by atoms with E-state index in [1.807, 2.05) is 6.92 Å². The molecule has 15 heavy (non-hydrogen) atoms. The normalized spacial score (nSPS) is 41.5. The summed E-state index contributed by atoms with van der Waals surface area (Å²) in [6.07, 6.45) is 2.63. The quantitative estimate of drug-likeness (QED) is 0.518. The SMILES string of the molecule is CCC(C)C1C2CCC1(C)C(=O)OC2=O. The van der Waals surface area contributed by atoms with Crippen LogP contribution in [0.15, 0.2) is 0 Å². The molecule has 0 spiro atoms. The van der Waals surface area contributed by atoms with Crippen molar-refractivity contribution in [2.45, 2.75) is 40.0 Å².